The molecule has 2 N–H and O–H groups in total. The minimum atomic E-state index is -0.259. The molecule has 0 amide bonds. The van der Waals surface area contributed by atoms with Gasteiger partial charge in [-0.2, -0.15) is 0 Å². The summed E-state index contributed by atoms with van der Waals surface area (Å²) in [7, 11) is 1.65. The van der Waals surface area contributed by atoms with Gasteiger partial charge < -0.3 is 10.5 Å². The maximum absolute atomic E-state index is 13.9. The highest BCUT2D eigenvalue weighted by molar-refractivity contribution is 5.88. The number of hydrogen-bond donors (Lipinski definition) is 1. The molecule has 106 valence electrons. The molecule has 0 aliphatic carbocycles. The average molecular weight is 281 g/mol. The van der Waals surface area contributed by atoms with Gasteiger partial charge in [0.2, 0.25) is 0 Å². The van der Waals surface area contributed by atoms with Crippen molar-refractivity contribution >= 4 is 10.8 Å². The van der Waals surface area contributed by atoms with E-state index in [9.17, 15) is 4.39 Å². The molecule has 0 spiro atoms. The van der Waals surface area contributed by atoms with E-state index in [0.29, 0.717) is 5.56 Å². The summed E-state index contributed by atoms with van der Waals surface area (Å²) in [5.74, 6) is 0.568. The van der Waals surface area contributed by atoms with Crippen LogP contribution in [0.15, 0.2) is 54.6 Å². The van der Waals surface area contributed by atoms with Gasteiger partial charge in [-0.3, -0.25) is 0 Å². The van der Waals surface area contributed by atoms with Crippen LogP contribution in [-0.4, -0.2) is 7.11 Å². The smallest absolute Gasteiger partial charge is 0.128 e. The summed E-state index contributed by atoms with van der Waals surface area (Å²) in [6.07, 6.45) is 0. The van der Waals surface area contributed by atoms with Crippen LogP contribution in [0.4, 0.5) is 4.39 Å². The molecular formula is C18H16FNO. The molecule has 21 heavy (non-hydrogen) atoms. The van der Waals surface area contributed by atoms with E-state index in [0.717, 1.165) is 27.6 Å². The van der Waals surface area contributed by atoms with Crippen molar-refractivity contribution in [2.75, 3.05) is 7.11 Å². The zero-order valence-corrected chi connectivity index (χ0v) is 11.8. The lowest BCUT2D eigenvalue weighted by Gasteiger charge is -2.07. The van der Waals surface area contributed by atoms with Crippen LogP contribution in [0.1, 0.15) is 5.56 Å². The van der Waals surface area contributed by atoms with Crippen molar-refractivity contribution in [2.24, 2.45) is 5.73 Å². The van der Waals surface area contributed by atoms with E-state index in [4.69, 9.17) is 10.5 Å². The number of halogens is 1. The molecule has 0 unspecified atom stereocenters. The summed E-state index contributed by atoms with van der Waals surface area (Å²) >= 11 is 0. The van der Waals surface area contributed by atoms with Crippen LogP contribution in [0, 0.1) is 5.82 Å². The van der Waals surface area contributed by atoms with Gasteiger partial charge in [-0.15, -0.1) is 0 Å². The van der Waals surface area contributed by atoms with Gasteiger partial charge >= 0.3 is 0 Å². The topological polar surface area (TPSA) is 35.2 Å². The standard InChI is InChI=1S/C18H16FNO/c1-21-17-7-6-13-8-12(2-3-14(13)9-17)15-4-5-16(11-20)18(19)10-15/h2-10H,11,20H2,1H3. The fourth-order valence-corrected chi connectivity index (χ4v) is 2.42. The van der Waals surface area contributed by atoms with Crippen LogP contribution in [-0.2, 0) is 6.54 Å². The fourth-order valence-electron chi connectivity index (χ4n) is 2.42. The maximum atomic E-state index is 13.9. The number of methoxy groups -OCH3 is 1. The van der Waals surface area contributed by atoms with Gasteiger partial charge in [0.1, 0.15) is 11.6 Å². The van der Waals surface area contributed by atoms with Gasteiger partial charge in [0.25, 0.3) is 0 Å². The molecule has 0 heterocycles. The van der Waals surface area contributed by atoms with Crippen LogP contribution in [0.3, 0.4) is 0 Å². The Morgan fingerprint density at radius 3 is 2.29 bits per heavy atom. The van der Waals surface area contributed by atoms with Crippen LogP contribution in [0.5, 0.6) is 5.75 Å². The predicted molar refractivity (Wildman–Crippen MR) is 83.8 cm³/mol. The van der Waals surface area contributed by atoms with Gasteiger partial charge in [0.15, 0.2) is 0 Å². The molecule has 0 aliphatic rings. The first-order chi connectivity index (χ1) is 10.2. The van der Waals surface area contributed by atoms with Crippen molar-refractivity contribution in [1.29, 1.82) is 0 Å². The number of benzene rings is 3. The van der Waals surface area contributed by atoms with Gasteiger partial charge in [0, 0.05) is 12.1 Å². The van der Waals surface area contributed by atoms with Crippen LogP contribution in [0.2, 0.25) is 0 Å². The highest BCUT2D eigenvalue weighted by Crippen LogP contribution is 2.28. The molecule has 3 aromatic rings. The number of ether oxygens (including phenoxy) is 1. The maximum Gasteiger partial charge on any atom is 0.128 e. The Kier molecular flexibility index (Phi) is 3.59. The number of fused-ring (bicyclic) bond motifs is 1. The minimum absolute atomic E-state index is 0.212. The van der Waals surface area contributed by atoms with Gasteiger partial charge in [-0.1, -0.05) is 30.3 Å². The van der Waals surface area contributed by atoms with Crippen molar-refractivity contribution < 1.29 is 9.13 Å². The average Bonchev–Trinajstić information content (AvgIpc) is 2.53. The lowest BCUT2D eigenvalue weighted by atomic mass is 10.00. The summed E-state index contributed by atoms with van der Waals surface area (Å²) in [6.45, 7) is 0.212. The molecule has 0 fully saturated rings. The zero-order chi connectivity index (χ0) is 14.8. The molecule has 3 heteroatoms. The van der Waals surface area contributed by atoms with Gasteiger partial charge in [0.05, 0.1) is 7.11 Å². The van der Waals surface area contributed by atoms with Gasteiger partial charge in [-0.25, -0.2) is 4.39 Å². The lowest BCUT2D eigenvalue weighted by Crippen LogP contribution is -1.99. The van der Waals surface area contributed by atoms with Crippen molar-refractivity contribution in [2.45, 2.75) is 6.54 Å². The molecule has 0 aromatic heterocycles. The van der Waals surface area contributed by atoms with E-state index < -0.39 is 0 Å². The zero-order valence-electron chi connectivity index (χ0n) is 11.8. The molecule has 0 saturated heterocycles. The van der Waals surface area contributed by atoms with E-state index in [1.807, 2.05) is 42.5 Å². The molecule has 0 saturated carbocycles. The highest BCUT2D eigenvalue weighted by atomic mass is 19.1. The highest BCUT2D eigenvalue weighted by Gasteiger charge is 2.05. The number of nitrogens with two attached hydrogens (primary N) is 1. The predicted octanol–water partition coefficient (Wildman–Crippen LogP) is 4.11. The van der Waals surface area contributed by atoms with E-state index in [1.54, 1.807) is 13.2 Å². The molecule has 0 bridgehead atoms. The molecule has 2 nitrogen and oxygen atoms in total. The van der Waals surface area contributed by atoms with Crippen LogP contribution < -0.4 is 10.5 Å². The summed E-state index contributed by atoms with van der Waals surface area (Å²) < 4.78 is 19.1. The van der Waals surface area contributed by atoms with Crippen molar-refractivity contribution in [3.05, 3.63) is 66.0 Å². The fraction of sp³-hybridized carbons (Fsp3) is 0.111. The van der Waals surface area contributed by atoms with E-state index in [2.05, 4.69) is 0 Å². The Morgan fingerprint density at radius 2 is 1.57 bits per heavy atom. The first-order valence-electron chi connectivity index (χ1n) is 6.78. The molecular weight excluding hydrogens is 265 g/mol. The molecule has 3 rings (SSSR count). The summed E-state index contributed by atoms with van der Waals surface area (Å²) in [6, 6.07) is 17.1. The number of hydrogen-bond acceptors (Lipinski definition) is 2. The Hall–Kier alpha value is -2.39. The molecule has 0 atom stereocenters. The van der Waals surface area contributed by atoms with E-state index in [1.165, 1.54) is 6.07 Å². The first-order valence-corrected chi connectivity index (χ1v) is 6.78. The quantitative estimate of drug-likeness (QED) is 0.784. The van der Waals surface area contributed by atoms with Crippen LogP contribution >= 0.6 is 0 Å². The second kappa shape index (κ2) is 5.54. The van der Waals surface area contributed by atoms with Gasteiger partial charge in [-0.05, 0) is 46.2 Å². The molecule has 0 aliphatic heterocycles. The lowest BCUT2D eigenvalue weighted by molar-refractivity contribution is 0.415. The Bertz CT molecular complexity index is 798. The summed E-state index contributed by atoms with van der Waals surface area (Å²) in [4.78, 5) is 0. The SMILES string of the molecule is COc1ccc2cc(-c3ccc(CN)c(F)c3)ccc2c1. The van der Waals surface area contributed by atoms with Crippen molar-refractivity contribution in [3.8, 4) is 16.9 Å². The van der Waals surface area contributed by atoms with Crippen molar-refractivity contribution in [1.82, 2.24) is 0 Å². The third-order valence-electron chi connectivity index (χ3n) is 3.65. The van der Waals surface area contributed by atoms with Crippen LogP contribution in [0.25, 0.3) is 21.9 Å². The monoisotopic (exact) mass is 281 g/mol. The Labute approximate surface area is 123 Å². The second-order valence-electron chi connectivity index (χ2n) is 4.94. The third kappa shape index (κ3) is 2.60. The summed E-state index contributed by atoms with van der Waals surface area (Å²) in [5, 5.41) is 2.19. The first kappa shape index (κ1) is 13.6. The molecule has 0 radical (unpaired) electrons. The van der Waals surface area contributed by atoms with E-state index >= 15 is 0 Å². The largest absolute Gasteiger partial charge is 0.497 e. The third-order valence-corrected chi connectivity index (χ3v) is 3.65. The Morgan fingerprint density at radius 1 is 0.905 bits per heavy atom. The number of rotatable bonds is 3. The minimum Gasteiger partial charge on any atom is -0.497 e. The van der Waals surface area contributed by atoms with E-state index in [-0.39, 0.29) is 12.4 Å². The normalized spacial score (nSPS) is 10.8. The Balaban J connectivity index is 2.06. The summed E-state index contributed by atoms with van der Waals surface area (Å²) in [5.41, 5.74) is 7.85. The van der Waals surface area contributed by atoms with Crippen molar-refractivity contribution in [3.63, 3.8) is 0 Å². The second-order valence-corrected chi connectivity index (χ2v) is 4.94. The molecule has 3 aromatic carbocycles.